The molecule has 5 heteroatoms. The minimum Gasteiger partial charge on any atom is -0.381 e. The van der Waals surface area contributed by atoms with Crippen LogP contribution in [0, 0.1) is 11.6 Å². The van der Waals surface area contributed by atoms with Crippen molar-refractivity contribution in [3.05, 3.63) is 62.5 Å². The third-order valence-corrected chi connectivity index (χ3v) is 4.22. The van der Waals surface area contributed by atoms with Crippen molar-refractivity contribution in [3.63, 3.8) is 0 Å². The lowest BCUT2D eigenvalue weighted by molar-refractivity contribution is 0.584. The predicted molar refractivity (Wildman–Crippen MR) is 75.5 cm³/mol. The molecule has 2 aromatic rings. The molecular weight excluding hydrogens is 368 g/mol. The fourth-order valence-corrected chi connectivity index (χ4v) is 2.18. The third-order valence-electron chi connectivity index (χ3n) is 2.34. The summed E-state index contributed by atoms with van der Waals surface area (Å²) in [5.41, 5.74) is 1.43. The number of hydrogen-bond donors (Lipinski definition) is 1. The Balaban J connectivity index is 2.08. The van der Waals surface area contributed by atoms with Gasteiger partial charge in [-0.3, -0.25) is 0 Å². The van der Waals surface area contributed by atoms with E-state index in [1.807, 2.05) is 18.2 Å². The number of nitrogens with one attached hydrogen (secondary N) is 1. The van der Waals surface area contributed by atoms with E-state index in [1.54, 1.807) is 0 Å². The van der Waals surface area contributed by atoms with Crippen LogP contribution in [0.3, 0.4) is 0 Å². The van der Waals surface area contributed by atoms with Gasteiger partial charge >= 0.3 is 0 Å². The number of hydrogen-bond acceptors (Lipinski definition) is 1. The highest BCUT2D eigenvalue weighted by atomic mass is 79.9. The average Bonchev–Trinajstić information content (AvgIpc) is 2.29. The van der Waals surface area contributed by atoms with E-state index in [2.05, 4.69) is 37.2 Å². The molecule has 0 radical (unpaired) electrons. The smallest absolute Gasteiger partial charge is 0.128 e. The van der Waals surface area contributed by atoms with Crippen molar-refractivity contribution in [2.45, 2.75) is 6.54 Å². The van der Waals surface area contributed by atoms with Gasteiger partial charge in [0.1, 0.15) is 11.6 Å². The number of anilines is 1. The second-order valence-electron chi connectivity index (χ2n) is 3.76. The van der Waals surface area contributed by atoms with Crippen molar-refractivity contribution < 1.29 is 8.78 Å². The monoisotopic (exact) mass is 375 g/mol. The Morgan fingerprint density at radius 1 is 0.889 bits per heavy atom. The third kappa shape index (κ3) is 3.53. The molecule has 0 unspecified atom stereocenters. The molecule has 0 aliphatic rings. The molecule has 0 heterocycles. The van der Waals surface area contributed by atoms with Gasteiger partial charge in [-0.1, -0.05) is 6.07 Å². The predicted octanol–water partition coefficient (Wildman–Crippen LogP) is 5.10. The molecule has 0 saturated heterocycles. The van der Waals surface area contributed by atoms with Crippen LogP contribution in [0.1, 0.15) is 5.56 Å². The molecule has 1 N–H and O–H groups in total. The first-order valence-corrected chi connectivity index (χ1v) is 6.77. The number of halogens is 4. The van der Waals surface area contributed by atoms with Gasteiger partial charge in [0.2, 0.25) is 0 Å². The Bertz CT molecular complexity index is 553. The summed E-state index contributed by atoms with van der Waals surface area (Å²) in [5.74, 6) is -1.18. The summed E-state index contributed by atoms with van der Waals surface area (Å²) in [4.78, 5) is 0. The van der Waals surface area contributed by atoms with Crippen molar-refractivity contribution in [2.75, 3.05) is 5.32 Å². The topological polar surface area (TPSA) is 12.0 Å². The summed E-state index contributed by atoms with van der Waals surface area (Å²) < 4.78 is 27.9. The van der Waals surface area contributed by atoms with Crippen LogP contribution in [0.5, 0.6) is 0 Å². The fourth-order valence-electron chi connectivity index (χ4n) is 1.51. The molecule has 1 nitrogen and oxygen atoms in total. The molecule has 2 aromatic carbocycles. The minimum atomic E-state index is -0.588. The zero-order valence-electron chi connectivity index (χ0n) is 9.18. The normalized spacial score (nSPS) is 10.4. The van der Waals surface area contributed by atoms with Crippen molar-refractivity contribution in [1.82, 2.24) is 0 Å². The van der Waals surface area contributed by atoms with Crippen LogP contribution in [-0.4, -0.2) is 0 Å². The van der Waals surface area contributed by atoms with Crippen LogP contribution in [-0.2, 0) is 6.54 Å². The molecule has 0 fully saturated rings. The molecule has 0 spiro atoms. The Morgan fingerprint density at radius 2 is 1.56 bits per heavy atom. The highest BCUT2D eigenvalue weighted by Gasteiger charge is 2.02. The number of benzene rings is 2. The van der Waals surface area contributed by atoms with Crippen LogP contribution in [0.2, 0.25) is 0 Å². The quantitative estimate of drug-likeness (QED) is 0.785. The van der Waals surface area contributed by atoms with E-state index in [0.29, 0.717) is 12.2 Å². The molecule has 0 aliphatic carbocycles. The van der Waals surface area contributed by atoms with Crippen LogP contribution in [0.15, 0.2) is 45.3 Å². The molecule has 94 valence electrons. The van der Waals surface area contributed by atoms with Gasteiger partial charge in [-0.05, 0) is 61.7 Å². The van der Waals surface area contributed by atoms with Gasteiger partial charge in [-0.15, -0.1) is 0 Å². The van der Waals surface area contributed by atoms with E-state index in [-0.39, 0.29) is 0 Å². The van der Waals surface area contributed by atoms with Gasteiger partial charge in [0.05, 0.1) is 0 Å². The van der Waals surface area contributed by atoms with Crippen LogP contribution in [0.25, 0.3) is 0 Å². The van der Waals surface area contributed by atoms with Gasteiger partial charge < -0.3 is 5.32 Å². The lowest BCUT2D eigenvalue weighted by Crippen LogP contribution is -2.00. The molecule has 18 heavy (non-hydrogen) atoms. The first kappa shape index (κ1) is 13.5. The highest BCUT2D eigenvalue weighted by molar-refractivity contribution is 9.13. The second-order valence-corrected chi connectivity index (χ2v) is 5.47. The maximum absolute atomic E-state index is 13.0. The van der Waals surface area contributed by atoms with Crippen LogP contribution in [0.4, 0.5) is 14.5 Å². The van der Waals surface area contributed by atoms with E-state index < -0.39 is 11.6 Å². The van der Waals surface area contributed by atoms with Gasteiger partial charge in [0.15, 0.2) is 0 Å². The largest absolute Gasteiger partial charge is 0.381 e. The first-order chi connectivity index (χ1) is 8.54. The maximum Gasteiger partial charge on any atom is 0.128 e. The average molecular weight is 377 g/mol. The lowest BCUT2D eigenvalue weighted by atomic mass is 10.2. The SMILES string of the molecule is Fc1cc(F)cc(NCc2ccc(Br)c(Br)c2)c1. The summed E-state index contributed by atoms with van der Waals surface area (Å²) >= 11 is 6.78. The Labute approximate surface area is 120 Å². The molecule has 0 saturated carbocycles. The fraction of sp³-hybridized carbons (Fsp3) is 0.0769. The van der Waals surface area contributed by atoms with E-state index in [0.717, 1.165) is 20.6 Å². The lowest BCUT2D eigenvalue weighted by Gasteiger charge is -2.08. The molecule has 0 aliphatic heterocycles. The minimum absolute atomic E-state index is 0.423. The summed E-state index contributed by atoms with van der Waals surface area (Å²) in [7, 11) is 0. The summed E-state index contributed by atoms with van der Waals surface area (Å²) in [5, 5.41) is 2.97. The van der Waals surface area contributed by atoms with E-state index in [1.165, 1.54) is 12.1 Å². The van der Waals surface area contributed by atoms with Crippen molar-refractivity contribution in [1.29, 1.82) is 0 Å². The molecule has 2 rings (SSSR count). The maximum atomic E-state index is 13.0. The van der Waals surface area contributed by atoms with E-state index in [9.17, 15) is 8.78 Å². The summed E-state index contributed by atoms with van der Waals surface area (Å²) in [6.07, 6.45) is 0. The Morgan fingerprint density at radius 3 is 2.17 bits per heavy atom. The number of rotatable bonds is 3. The Kier molecular flexibility index (Phi) is 4.35. The second kappa shape index (κ2) is 5.80. The molecule has 0 bridgehead atoms. The van der Waals surface area contributed by atoms with Crippen molar-refractivity contribution >= 4 is 37.5 Å². The van der Waals surface area contributed by atoms with Gasteiger partial charge in [0, 0.05) is 27.2 Å². The molecule has 0 atom stereocenters. The standard InChI is InChI=1S/C13H9Br2F2N/c14-12-2-1-8(3-13(12)15)7-18-11-5-9(16)4-10(17)6-11/h1-6,18H,7H2. The van der Waals surface area contributed by atoms with Gasteiger partial charge in [-0.2, -0.15) is 0 Å². The van der Waals surface area contributed by atoms with E-state index in [4.69, 9.17) is 0 Å². The van der Waals surface area contributed by atoms with Crippen molar-refractivity contribution in [2.24, 2.45) is 0 Å². The zero-order chi connectivity index (χ0) is 13.1. The molecule has 0 aromatic heterocycles. The van der Waals surface area contributed by atoms with E-state index >= 15 is 0 Å². The molecule has 0 amide bonds. The Hall–Kier alpha value is -0.940. The van der Waals surface area contributed by atoms with Crippen LogP contribution < -0.4 is 5.32 Å². The van der Waals surface area contributed by atoms with Gasteiger partial charge in [0.25, 0.3) is 0 Å². The zero-order valence-corrected chi connectivity index (χ0v) is 12.4. The van der Waals surface area contributed by atoms with Crippen molar-refractivity contribution in [3.8, 4) is 0 Å². The summed E-state index contributed by atoms with van der Waals surface area (Å²) in [6, 6.07) is 9.15. The molecular formula is C13H9Br2F2N. The first-order valence-electron chi connectivity index (χ1n) is 5.18. The van der Waals surface area contributed by atoms with Gasteiger partial charge in [-0.25, -0.2) is 8.78 Å². The van der Waals surface area contributed by atoms with Crippen LogP contribution >= 0.6 is 31.9 Å². The highest BCUT2D eigenvalue weighted by Crippen LogP contribution is 2.24. The summed E-state index contributed by atoms with van der Waals surface area (Å²) in [6.45, 7) is 0.495.